The highest BCUT2D eigenvalue weighted by molar-refractivity contribution is 4.60. The summed E-state index contributed by atoms with van der Waals surface area (Å²) < 4.78 is 0. The van der Waals surface area contributed by atoms with Gasteiger partial charge in [-0.25, -0.2) is 0 Å². The molecule has 0 amide bonds. The normalized spacial score (nSPS) is 14.8. The summed E-state index contributed by atoms with van der Waals surface area (Å²) in [4.78, 5) is 0. The SMILES string of the molecule is CCCCCCCCCC(C)CC(C)CCC. The monoisotopic (exact) mass is 240 g/mol. The molecule has 104 valence electrons. The van der Waals surface area contributed by atoms with Gasteiger partial charge in [-0.3, -0.25) is 0 Å². The topological polar surface area (TPSA) is 0 Å². The van der Waals surface area contributed by atoms with Crippen LogP contribution in [0.4, 0.5) is 0 Å². The molecule has 0 spiro atoms. The van der Waals surface area contributed by atoms with Gasteiger partial charge in [0.2, 0.25) is 0 Å². The predicted octanol–water partition coefficient (Wildman–Crippen LogP) is 6.59. The van der Waals surface area contributed by atoms with Gasteiger partial charge >= 0.3 is 0 Å². The van der Waals surface area contributed by atoms with Gasteiger partial charge in [-0.2, -0.15) is 0 Å². The van der Waals surface area contributed by atoms with Gasteiger partial charge in [-0.05, 0) is 18.3 Å². The molecule has 2 atom stereocenters. The van der Waals surface area contributed by atoms with E-state index >= 15 is 0 Å². The summed E-state index contributed by atoms with van der Waals surface area (Å²) in [6.07, 6.45) is 15.8. The van der Waals surface area contributed by atoms with Crippen LogP contribution in [0.5, 0.6) is 0 Å². The van der Waals surface area contributed by atoms with Crippen LogP contribution in [0.25, 0.3) is 0 Å². The van der Waals surface area contributed by atoms with Gasteiger partial charge in [0.05, 0.1) is 0 Å². The van der Waals surface area contributed by atoms with E-state index in [0.29, 0.717) is 0 Å². The minimum atomic E-state index is 0.944. The highest BCUT2D eigenvalue weighted by Gasteiger charge is 2.07. The lowest BCUT2D eigenvalue weighted by molar-refractivity contribution is 0.364. The van der Waals surface area contributed by atoms with Crippen molar-refractivity contribution in [3.8, 4) is 0 Å². The first-order valence-corrected chi connectivity index (χ1v) is 8.20. The first-order chi connectivity index (χ1) is 8.20. The Labute approximate surface area is 111 Å². The Morgan fingerprint density at radius 3 is 1.71 bits per heavy atom. The molecule has 0 saturated heterocycles. The predicted molar refractivity (Wildman–Crippen MR) is 80.5 cm³/mol. The van der Waals surface area contributed by atoms with Gasteiger partial charge in [0.25, 0.3) is 0 Å². The van der Waals surface area contributed by atoms with Gasteiger partial charge in [0, 0.05) is 0 Å². The first kappa shape index (κ1) is 17.0. The molecule has 0 aromatic heterocycles. The zero-order valence-electron chi connectivity index (χ0n) is 12.9. The second-order valence-corrected chi connectivity index (χ2v) is 6.14. The lowest BCUT2D eigenvalue weighted by Crippen LogP contribution is -2.03. The van der Waals surface area contributed by atoms with E-state index in [9.17, 15) is 0 Å². The van der Waals surface area contributed by atoms with Crippen LogP contribution in [0.2, 0.25) is 0 Å². The van der Waals surface area contributed by atoms with Gasteiger partial charge in [-0.1, -0.05) is 91.9 Å². The van der Waals surface area contributed by atoms with E-state index in [-0.39, 0.29) is 0 Å². The second kappa shape index (κ2) is 12.5. The molecule has 0 radical (unpaired) electrons. The molecular formula is C17H36. The molecule has 0 aliphatic carbocycles. The van der Waals surface area contributed by atoms with Crippen LogP contribution >= 0.6 is 0 Å². The van der Waals surface area contributed by atoms with Crippen LogP contribution < -0.4 is 0 Å². The smallest absolute Gasteiger partial charge is 0.0440 e. The standard InChI is InChI=1S/C17H36/c1-5-7-8-9-10-11-12-14-17(4)15-16(3)13-6-2/h16-17H,5-15H2,1-4H3. The lowest BCUT2D eigenvalue weighted by atomic mass is 9.90. The fourth-order valence-corrected chi connectivity index (χ4v) is 2.87. The summed E-state index contributed by atoms with van der Waals surface area (Å²) in [6, 6.07) is 0. The molecule has 2 unspecified atom stereocenters. The van der Waals surface area contributed by atoms with Crippen molar-refractivity contribution in [2.45, 2.75) is 98.3 Å². The van der Waals surface area contributed by atoms with E-state index in [1.54, 1.807) is 0 Å². The quantitative estimate of drug-likeness (QED) is 0.338. The van der Waals surface area contributed by atoms with Crippen LogP contribution in [0.15, 0.2) is 0 Å². The molecule has 17 heavy (non-hydrogen) atoms. The zero-order valence-corrected chi connectivity index (χ0v) is 12.9. The van der Waals surface area contributed by atoms with Crippen LogP contribution in [0.3, 0.4) is 0 Å². The Balaban J connectivity index is 3.24. The number of rotatable bonds is 12. The van der Waals surface area contributed by atoms with E-state index in [4.69, 9.17) is 0 Å². The van der Waals surface area contributed by atoms with E-state index in [2.05, 4.69) is 27.7 Å². The molecule has 0 rings (SSSR count). The summed E-state index contributed by atoms with van der Waals surface area (Å²) >= 11 is 0. The van der Waals surface area contributed by atoms with Crippen molar-refractivity contribution in [3.63, 3.8) is 0 Å². The largest absolute Gasteiger partial charge is 0.0654 e. The van der Waals surface area contributed by atoms with Crippen molar-refractivity contribution in [2.24, 2.45) is 11.8 Å². The molecule has 0 aliphatic rings. The maximum atomic E-state index is 2.45. The fraction of sp³-hybridized carbons (Fsp3) is 1.00. The average molecular weight is 240 g/mol. The third-order valence-corrected chi connectivity index (χ3v) is 3.89. The summed E-state index contributed by atoms with van der Waals surface area (Å²) in [7, 11) is 0. The molecule has 0 heteroatoms. The van der Waals surface area contributed by atoms with Crippen molar-refractivity contribution < 1.29 is 0 Å². The van der Waals surface area contributed by atoms with Crippen LogP contribution in [-0.2, 0) is 0 Å². The molecule has 0 N–H and O–H groups in total. The van der Waals surface area contributed by atoms with Gasteiger partial charge < -0.3 is 0 Å². The molecule has 0 heterocycles. The highest BCUT2D eigenvalue weighted by atomic mass is 14.1. The van der Waals surface area contributed by atoms with E-state index < -0.39 is 0 Å². The Hall–Kier alpha value is 0. The van der Waals surface area contributed by atoms with Gasteiger partial charge in [-0.15, -0.1) is 0 Å². The van der Waals surface area contributed by atoms with E-state index in [0.717, 1.165) is 11.8 Å². The minimum Gasteiger partial charge on any atom is -0.0654 e. The van der Waals surface area contributed by atoms with Crippen molar-refractivity contribution in [1.29, 1.82) is 0 Å². The maximum Gasteiger partial charge on any atom is -0.0440 e. The number of hydrogen-bond donors (Lipinski definition) is 0. The zero-order chi connectivity index (χ0) is 12.9. The van der Waals surface area contributed by atoms with Gasteiger partial charge in [0.1, 0.15) is 0 Å². The second-order valence-electron chi connectivity index (χ2n) is 6.14. The summed E-state index contributed by atoms with van der Waals surface area (Å²) in [5.74, 6) is 1.90. The fourth-order valence-electron chi connectivity index (χ4n) is 2.87. The maximum absolute atomic E-state index is 2.45. The third kappa shape index (κ3) is 12.2. The van der Waals surface area contributed by atoms with Crippen LogP contribution in [-0.4, -0.2) is 0 Å². The summed E-state index contributed by atoms with van der Waals surface area (Å²) in [5, 5.41) is 0. The molecule has 0 saturated carbocycles. The Morgan fingerprint density at radius 1 is 0.588 bits per heavy atom. The Kier molecular flexibility index (Phi) is 12.5. The van der Waals surface area contributed by atoms with Crippen molar-refractivity contribution in [2.75, 3.05) is 0 Å². The molecule has 0 aromatic rings. The van der Waals surface area contributed by atoms with Crippen molar-refractivity contribution in [1.82, 2.24) is 0 Å². The number of hydrogen-bond acceptors (Lipinski definition) is 0. The molecule has 0 aromatic carbocycles. The summed E-state index contributed by atoms with van der Waals surface area (Å²) in [6.45, 7) is 9.46. The third-order valence-electron chi connectivity index (χ3n) is 3.89. The minimum absolute atomic E-state index is 0.944. The molecule has 0 nitrogen and oxygen atoms in total. The van der Waals surface area contributed by atoms with E-state index in [1.807, 2.05) is 0 Å². The average Bonchev–Trinajstić information content (AvgIpc) is 2.28. The molecule has 0 fully saturated rings. The highest BCUT2D eigenvalue weighted by Crippen LogP contribution is 2.21. The molecule has 0 bridgehead atoms. The Morgan fingerprint density at radius 2 is 1.12 bits per heavy atom. The summed E-state index contributed by atoms with van der Waals surface area (Å²) in [5.41, 5.74) is 0. The van der Waals surface area contributed by atoms with Crippen LogP contribution in [0.1, 0.15) is 98.3 Å². The van der Waals surface area contributed by atoms with Crippen molar-refractivity contribution in [3.05, 3.63) is 0 Å². The van der Waals surface area contributed by atoms with Gasteiger partial charge in [0.15, 0.2) is 0 Å². The van der Waals surface area contributed by atoms with Crippen molar-refractivity contribution >= 4 is 0 Å². The molecular weight excluding hydrogens is 204 g/mol. The van der Waals surface area contributed by atoms with Crippen LogP contribution in [0, 0.1) is 11.8 Å². The Bertz CT molecular complexity index is 139. The molecule has 0 aliphatic heterocycles. The first-order valence-electron chi connectivity index (χ1n) is 8.20. The number of unbranched alkanes of at least 4 members (excludes halogenated alkanes) is 6. The van der Waals surface area contributed by atoms with E-state index in [1.165, 1.54) is 70.6 Å². The lowest BCUT2D eigenvalue weighted by Gasteiger charge is -2.16.